The van der Waals surface area contributed by atoms with Gasteiger partial charge in [0.25, 0.3) is 5.69 Å². The summed E-state index contributed by atoms with van der Waals surface area (Å²) in [6.07, 6.45) is 2.35. The van der Waals surface area contributed by atoms with Gasteiger partial charge in [0.1, 0.15) is 5.69 Å². The first-order valence-electron chi connectivity index (χ1n) is 9.07. The van der Waals surface area contributed by atoms with Gasteiger partial charge in [-0.05, 0) is 30.5 Å². The predicted molar refractivity (Wildman–Crippen MR) is 114 cm³/mol. The SMILES string of the molecule is O=C1CC2CCC(CN1c1ccc(Cl)cc1[N+](=O)[O-])N2Cc1ccccc1.S. The molecular formula is C20H22ClN3O3S. The third-order valence-corrected chi connectivity index (χ3v) is 5.74. The maximum absolute atomic E-state index is 12.9. The number of anilines is 1. The highest BCUT2D eigenvalue weighted by atomic mass is 35.5. The van der Waals surface area contributed by atoms with Gasteiger partial charge >= 0.3 is 0 Å². The van der Waals surface area contributed by atoms with Gasteiger partial charge in [-0.25, -0.2) is 0 Å². The highest BCUT2D eigenvalue weighted by Crippen LogP contribution is 2.37. The summed E-state index contributed by atoms with van der Waals surface area (Å²) in [4.78, 5) is 27.9. The Morgan fingerprint density at radius 3 is 2.54 bits per heavy atom. The first kappa shape index (κ1) is 20.6. The van der Waals surface area contributed by atoms with Gasteiger partial charge in [0, 0.05) is 42.7 Å². The molecule has 0 aliphatic carbocycles. The molecule has 0 radical (unpaired) electrons. The molecule has 4 rings (SSSR count). The smallest absolute Gasteiger partial charge is 0.294 e. The molecule has 2 unspecified atom stereocenters. The number of nitro groups is 1. The minimum Gasteiger partial charge on any atom is -0.305 e. The second kappa shape index (κ2) is 8.51. The summed E-state index contributed by atoms with van der Waals surface area (Å²) in [5.41, 5.74) is 1.43. The molecule has 2 heterocycles. The van der Waals surface area contributed by atoms with Crippen LogP contribution in [0.15, 0.2) is 48.5 Å². The van der Waals surface area contributed by atoms with Crippen LogP contribution in [0.25, 0.3) is 0 Å². The van der Waals surface area contributed by atoms with Gasteiger partial charge in [-0.3, -0.25) is 19.8 Å². The van der Waals surface area contributed by atoms with E-state index in [-0.39, 0.29) is 37.2 Å². The van der Waals surface area contributed by atoms with Crippen molar-refractivity contribution in [3.63, 3.8) is 0 Å². The van der Waals surface area contributed by atoms with Crippen LogP contribution in [0.3, 0.4) is 0 Å². The maximum Gasteiger partial charge on any atom is 0.294 e. The zero-order chi connectivity index (χ0) is 19.0. The Morgan fingerprint density at radius 1 is 1.11 bits per heavy atom. The number of hydrogen-bond acceptors (Lipinski definition) is 4. The summed E-state index contributed by atoms with van der Waals surface area (Å²) in [5.74, 6) is -0.0642. The van der Waals surface area contributed by atoms with Crippen molar-refractivity contribution in [2.75, 3.05) is 11.4 Å². The summed E-state index contributed by atoms with van der Waals surface area (Å²) in [5, 5.41) is 11.8. The largest absolute Gasteiger partial charge is 0.305 e. The molecule has 2 aliphatic rings. The number of hydrogen-bond donors (Lipinski definition) is 0. The normalized spacial score (nSPS) is 21.9. The number of amides is 1. The molecule has 148 valence electrons. The number of rotatable bonds is 4. The molecule has 0 aromatic heterocycles. The van der Waals surface area contributed by atoms with E-state index in [4.69, 9.17) is 11.6 Å². The molecule has 0 spiro atoms. The van der Waals surface area contributed by atoms with Crippen LogP contribution in [0.2, 0.25) is 5.02 Å². The van der Waals surface area contributed by atoms with E-state index >= 15 is 0 Å². The van der Waals surface area contributed by atoms with Crippen molar-refractivity contribution in [1.82, 2.24) is 4.90 Å². The fourth-order valence-electron chi connectivity index (χ4n) is 4.21. The van der Waals surface area contributed by atoms with Gasteiger partial charge < -0.3 is 4.90 Å². The lowest BCUT2D eigenvalue weighted by atomic mass is 10.1. The maximum atomic E-state index is 12.9. The third-order valence-electron chi connectivity index (χ3n) is 5.51. The van der Waals surface area contributed by atoms with Gasteiger partial charge in [-0.1, -0.05) is 41.9 Å². The number of nitro benzene ring substituents is 1. The molecule has 0 saturated carbocycles. The number of fused-ring (bicyclic) bond motifs is 2. The van der Waals surface area contributed by atoms with Gasteiger partial charge in [-0.2, -0.15) is 13.5 Å². The molecule has 2 aromatic carbocycles. The summed E-state index contributed by atoms with van der Waals surface area (Å²) in [6, 6.07) is 15.1. The van der Waals surface area contributed by atoms with Crippen molar-refractivity contribution in [1.29, 1.82) is 0 Å². The minimum absolute atomic E-state index is 0. The molecule has 2 atom stereocenters. The lowest BCUT2D eigenvalue weighted by Crippen LogP contribution is -2.39. The van der Waals surface area contributed by atoms with E-state index in [1.807, 2.05) is 18.2 Å². The van der Waals surface area contributed by atoms with Crippen molar-refractivity contribution < 1.29 is 9.72 Å². The number of halogens is 1. The second-order valence-electron chi connectivity index (χ2n) is 7.14. The standard InChI is InChI=1S/C20H20ClN3O3.H2S/c21-15-6-9-18(19(10-15)24(26)27)23-13-17-8-7-16(11-20(23)25)22(17)12-14-4-2-1-3-5-14;/h1-6,9-10,16-17H,7-8,11-13H2;1H2. The van der Waals surface area contributed by atoms with E-state index in [1.165, 1.54) is 11.6 Å². The number of carbonyl (C=O) groups excluding carboxylic acids is 1. The Morgan fingerprint density at radius 2 is 1.82 bits per heavy atom. The Bertz CT molecular complexity index is 880. The fraction of sp³-hybridized carbons (Fsp3) is 0.350. The monoisotopic (exact) mass is 419 g/mol. The van der Waals surface area contributed by atoms with Gasteiger partial charge in [0.2, 0.25) is 5.91 Å². The predicted octanol–water partition coefficient (Wildman–Crippen LogP) is 4.13. The number of nitrogens with zero attached hydrogens (tertiary/aromatic N) is 3. The van der Waals surface area contributed by atoms with Crippen LogP contribution in [0.4, 0.5) is 11.4 Å². The van der Waals surface area contributed by atoms with Gasteiger partial charge in [-0.15, -0.1) is 0 Å². The van der Waals surface area contributed by atoms with E-state index < -0.39 is 4.92 Å². The highest BCUT2D eigenvalue weighted by Gasteiger charge is 2.41. The molecule has 2 saturated heterocycles. The van der Waals surface area contributed by atoms with Crippen LogP contribution < -0.4 is 4.90 Å². The van der Waals surface area contributed by atoms with Crippen LogP contribution in [-0.2, 0) is 11.3 Å². The minimum atomic E-state index is -0.473. The van der Waals surface area contributed by atoms with Gasteiger partial charge in [0.05, 0.1) is 4.92 Å². The van der Waals surface area contributed by atoms with Crippen molar-refractivity contribution in [2.45, 2.75) is 37.9 Å². The Kier molecular flexibility index (Phi) is 6.27. The van der Waals surface area contributed by atoms with E-state index in [0.29, 0.717) is 23.7 Å². The second-order valence-corrected chi connectivity index (χ2v) is 7.58. The van der Waals surface area contributed by atoms with Crippen LogP contribution in [0.1, 0.15) is 24.8 Å². The highest BCUT2D eigenvalue weighted by molar-refractivity contribution is 7.59. The van der Waals surface area contributed by atoms with Crippen LogP contribution >= 0.6 is 25.1 Å². The zero-order valence-corrected chi connectivity index (χ0v) is 17.0. The third kappa shape index (κ3) is 4.01. The van der Waals surface area contributed by atoms with Crippen LogP contribution in [0.5, 0.6) is 0 Å². The Hall–Kier alpha value is -2.09. The van der Waals surface area contributed by atoms with Crippen LogP contribution in [0, 0.1) is 10.1 Å². The summed E-state index contributed by atoms with van der Waals surface area (Å²) in [7, 11) is 0. The molecule has 1 amide bonds. The van der Waals surface area contributed by atoms with E-state index in [2.05, 4.69) is 17.0 Å². The van der Waals surface area contributed by atoms with Crippen molar-refractivity contribution in [2.24, 2.45) is 0 Å². The summed E-state index contributed by atoms with van der Waals surface area (Å²) < 4.78 is 0. The molecule has 6 nitrogen and oxygen atoms in total. The van der Waals surface area contributed by atoms with Gasteiger partial charge in [0.15, 0.2) is 0 Å². The topological polar surface area (TPSA) is 66.7 Å². The molecule has 2 aromatic rings. The molecule has 0 N–H and O–H groups in total. The van der Waals surface area contributed by atoms with E-state index in [1.54, 1.807) is 17.0 Å². The molecule has 2 fully saturated rings. The van der Waals surface area contributed by atoms with Crippen molar-refractivity contribution in [3.05, 3.63) is 69.2 Å². The lowest BCUT2D eigenvalue weighted by Gasteiger charge is -2.28. The molecule has 28 heavy (non-hydrogen) atoms. The van der Waals surface area contributed by atoms with Crippen molar-refractivity contribution >= 4 is 42.4 Å². The number of benzene rings is 2. The summed E-state index contributed by atoms with van der Waals surface area (Å²) >= 11 is 5.93. The first-order valence-corrected chi connectivity index (χ1v) is 9.44. The quantitative estimate of drug-likeness (QED) is 0.552. The Balaban J connectivity index is 0.00000225. The molecule has 2 bridgehead atoms. The van der Waals surface area contributed by atoms with Crippen molar-refractivity contribution in [3.8, 4) is 0 Å². The zero-order valence-electron chi connectivity index (χ0n) is 15.3. The lowest BCUT2D eigenvalue weighted by molar-refractivity contribution is -0.384. The van der Waals surface area contributed by atoms with Crippen LogP contribution in [-0.4, -0.2) is 34.4 Å². The van der Waals surface area contributed by atoms with E-state index in [0.717, 1.165) is 19.4 Å². The fourth-order valence-corrected chi connectivity index (χ4v) is 4.38. The average Bonchev–Trinajstić information content (AvgIpc) is 2.95. The molecule has 2 aliphatic heterocycles. The first-order chi connectivity index (χ1) is 13.0. The molecule has 8 heteroatoms. The summed E-state index contributed by atoms with van der Waals surface area (Å²) in [6.45, 7) is 1.25. The number of carbonyl (C=O) groups is 1. The molecular weight excluding hydrogens is 398 g/mol. The van der Waals surface area contributed by atoms with E-state index in [9.17, 15) is 14.9 Å². The average molecular weight is 420 g/mol. The Labute approximate surface area is 175 Å².